The molecule has 0 spiro atoms. The fourth-order valence-electron chi connectivity index (χ4n) is 2.38. The molecule has 2 aliphatic rings. The van der Waals surface area contributed by atoms with Crippen molar-refractivity contribution in [1.82, 2.24) is 4.90 Å². The van der Waals surface area contributed by atoms with E-state index in [0.717, 1.165) is 25.9 Å². The molecule has 2 aliphatic heterocycles. The summed E-state index contributed by atoms with van der Waals surface area (Å²) in [5.74, 6) is 0.817. The molecule has 0 amide bonds. The number of Topliss-reactive ketones (excluding diaryl/α,β-unsaturated/α-hetero) is 1. The highest BCUT2D eigenvalue weighted by molar-refractivity contribution is 6.12. The predicted molar refractivity (Wildman–Crippen MR) is 66.6 cm³/mol. The number of fused-ring (bicyclic) bond motifs is 1. The van der Waals surface area contributed by atoms with Gasteiger partial charge in [0.2, 0.25) is 5.78 Å². The maximum atomic E-state index is 12.1. The summed E-state index contributed by atoms with van der Waals surface area (Å²) in [5.41, 5.74) is 0.524. The first kappa shape index (κ1) is 11.1. The Morgan fingerprint density at radius 2 is 2.00 bits per heavy atom. The van der Waals surface area contributed by atoms with Gasteiger partial charge in [-0.1, -0.05) is 0 Å². The minimum atomic E-state index is -0.101. The Kier molecular flexibility index (Phi) is 2.70. The van der Waals surface area contributed by atoms with Gasteiger partial charge in [0.1, 0.15) is 11.5 Å². The van der Waals surface area contributed by atoms with E-state index in [1.165, 1.54) is 18.6 Å². The third-order valence-corrected chi connectivity index (χ3v) is 3.34. The van der Waals surface area contributed by atoms with Gasteiger partial charge in [-0.05, 0) is 31.4 Å². The number of hydrogen-bond acceptors (Lipinski definition) is 4. The van der Waals surface area contributed by atoms with Crippen molar-refractivity contribution in [1.29, 1.82) is 0 Å². The van der Waals surface area contributed by atoms with Gasteiger partial charge in [0.25, 0.3) is 0 Å². The van der Waals surface area contributed by atoms with Crippen LogP contribution in [-0.4, -0.2) is 28.9 Å². The molecule has 0 radical (unpaired) electrons. The van der Waals surface area contributed by atoms with E-state index < -0.39 is 0 Å². The fraction of sp³-hybridized carbons (Fsp3) is 0.357. The van der Waals surface area contributed by atoms with Crippen LogP contribution in [0.3, 0.4) is 0 Å². The van der Waals surface area contributed by atoms with Crippen LogP contribution in [0.1, 0.15) is 29.6 Å². The maximum Gasteiger partial charge on any atom is 0.233 e. The number of nitrogens with zero attached hydrogens (tertiary/aromatic N) is 1. The smallest absolute Gasteiger partial charge is 0.233 e. The first-order valence-corrected chi connectivity index (χ1v) is 6.25. The van der Waals surface area contributed by atoms with Gasteiger partial charge in [-0.2, -0.15) is 0 Å². The number of benzene rings is 1. The van der Waals surface area contributed by atoms with Crippen LogP contribution in [0, 0.1) is 0 Å². The fourth-order valence-corrected chi connectivity index (χ4v) is 2.38. The number of allylic oxidation sites excluding steroid dienone is 1. The molecule has 3 rings (SSSR count). The monoisotopic (exact) mass is 245 g/mol. The summed E-state index contributed by atoms with van der Waals surface area (Å²) in [6.45, 7) is 1.95. The Bertz CT molecular complexity index is 516. The number of piperidine rings is 1. The second-order valence-corrected chi connectivity index (χ2v) is 4.70. The molecule has 1 N–H and O–H groups in total. The second kappa shape index (κ2) is 4.37. The van der Waals surface area contributed by atoms with E-state index in [-0.39, 0.29) is 11.5 Å². The largest absolute Gasteiger partial charge is 0.508 e. The Morgan fingerprint density at radius 3 is 2.78 bits per heavy atom. The first-order valence-electron chi connectivity index (χ1n) is 6.25. The number of carbonyl (C=O) groups is 1. The standard InChI is InChI=1S/C14H15NO3/c16-10-4-5-11-12(8-10)18-13(14(11)17)9-15-6-2-1-3-7-15/h4-5,8-9,16H,1-3,6-7H2/b13-9-. The molecule has 4 nitrogen and oxygen atoms in total. The number of carbonyl (C=O) groups excluding carboxylic acids is 1. The normalized spacial score (nSPS) is 21.0. The van der Waals surface area contributed by atoms with Gasteiger partial charge in [0, 0.05) is 25.4 Å². The molecule has 94 valence electrons. The van der Waals surface area contributed by atoms with E-state index in [1.807, 2.05) is 0 Å². The molecule has 1 fully saturated rings. The molecule has 0 aliphatic carbocycles. The summed E-state index contributed by atoms with van der Waals surface area (Å²) in [4.78, 5) is 14.2. The lowest BCUT2D eigenvalue weighted by atomic mass is 10.1. The van der Waals surface area contributed by atoms with E-state index in [2.05, 4.69) is 4.90 Å². The van der Waals surface area contributed by atoms with Crippen LogP contribution < -0.4 is 4.74 Å². The van der Waals surface area contributed by atoms with Crippen LogP contribution in [-0.2, 0) is 0 Å². The summed E-state index contributed by atoms with van der Waals surface area (Å²) < 4.78 is 5.51. The lowest BCUT2D eigenvalue weighted by Crippen LogP contribution is -2.25. The van der Waals surface area contributed by atoms with Crippen LogP contribution in [0.2, 0.25) is 0 Å². The van der Waals surface area contributed by atoms with Crippen LogP contribution >= 0.6 is 0 Å². The summed E-state index contributed by atoms with van der Waals surface area (Å²) in [5, 5.41) is 9.37. The van der Waals surface area contributed by atoms with Crippen LogP contribution in [0.5, 0.6) is 11.5 Å². The van der Waals surface area contributed by atoms with Crippen molar-refractivity contribution in [3.8, 4) is 11.5 Å². The van der Waals surface area contributed by atoms with Crippen LogP contribution in [0.4, 0.5) is 0 Å². The number of ether oxygens (including phenoxy) is 1. The highest BCUT2D eigenvalue weighted by Crippen LogP contribution is 2.33. The van der Waals surface area contributed by atoms with E-state index in [1.54, 1.807) is 12.3 Å². The molecule has 18 heavy (non-hydrogen) atoms. The zero-order chi connectivity index (χ0) is 12.5. The lowest BCUT2D eigenvalue weighted by molar-refractivity contribution is 0.101. The molecular weight excluding hydrogens is 230 g/mol. The second-order valence-electron chi connectivity index (χ2n) is 4.70. The first-order chi connectivity index (χ1) is 8.74. The molecule has 0 aromatic heterocycles. The zero-order valence-corrected chi connectivity index (χ0v) is 10.1. The average Bonchev–Trinajstić information content (AvgIpc) is 2.67. The van der Waals surface area contributed by atoms with Crippen molar-refractivity contribution in [2.75, 3.05) is 13.1 Å². The molecule has 0 atom stereocenters. The van der Waals surface area contributed by atoms with Crippen molar-refractivity contribution < 1.29 is 14.6 Å². The van der Waals surface area contributed by atoms with Crippen molar-refractivity contribution >= 4 is 5.78 Å². The number of likely N-dealkylation sites (tertiary alicyclic amines) is 1. The molecular formula is C14H15NO3. The third-order valence-electron chi connectivity index (χ3n) is 3.34. The number of phenolic OH excluding ortho intramolecular Hbond substituents is 1. The molecule has 1 aromatic carbocycles. The molecule has 2 heterocycles. The van der Waals surface area contributed by atoms with Crippen molar-refractivity contribution in [2.24, 2.45) is 0 Å². The van der Waals surface area contributed by atoms with Gasteiger partial charge in [0.05, 0.1) is 5.56 Å². The Morgan fingerprint density at radius 1 is 1.22 bits per heavy atom. The maximum absolute atomic E-state index is 12.1. The van der Waals surface area contributed by atoms with Gasteiger partial charge in [-0.3, -0.25) is 4.79 Å². The highest BCUT2D eigenvalue weighted by atomic mass is 16.5. The molecule has 1 saturated heterocycles. The van der Waals surface area contributed by atoms with Gasteiger partial charge in [-0.25, -0.2) is 0 Å². The van der Waals surface area contributed by atoms with E-state index in [9.17, 15) is 9.90 Å². The van der Waals surface area contributed by atoms with Crippen molar-refractivity contribution in [3.05, 3.63) is 35.7 Å². The van der Waals surface area contributed by atoms with E-state index in [4.69, 9.17) is 4.74 Å². The molecule has 0 saturated carbocycles. The SMILES string of the molecule is O=C1/C(=C/N2CCCCC2)Oc2cc(O)ccc21. The number of aromatic hydroxyl groups is 1. The number of ketones is 1. The van der Waals surface area contributed by atoms with Crippen LogP contribution in [0.15, 0.2) is 30.2 Å². The van der Waals surface area contributed by atoms with Crippen LogP contribution in [0.25, 0.3) is 0 Å². The van der Waals surface area contributed by atoms with E-state index in [0.29, 0.717) is 17.1 Å². The average molecular weight is 245 g/mol. The molecule has 4 heteroatoms. The highest BCUT2D eigenvalue weighted by Gasteiger charge is 2.28. The number of rotatable bonds is 1. The van der Waals surface area contributed by atoms with Gasteiger partial charge >= 0.3 is 0 Å². The molecule has 0 unspecified atom stereocenters. The Balaban J connectivity index is 1.85. The molecule has 0 bridgehead atoms. The van der Waals surface area contributed by atoms with Crippen molar-refractivity contribution in [2.45, 2.75) is 19.3 Å². The molecule has 1 aromatic rings. The van der Waals surface area contributed by atoms with Gasteiger partial charge in [0.15, 0.2) is 5.76 Å². The summed E-state index contributed by atoms with van der Waals surface area (Å²) in [6, 6.07) is 4.58. The Hall–Kier alpha value is -1.97. The van der Waals surface area contributed by atoms with Crippen molar-refractivity contribution in [3.63, 3.8) is 0 Å². The van der Waals surface area contributed by atoms with Gasteiger partial charge in [-0.15, -0.1) is 0 Å². The Labute approximate surface area is 105 Å². The summed E-state index contributed by atoms with van der Waals surface area (Å²) in [7, 11) is 0. The predicted octanol–water partition coefficient (Wildman–Crippen LogP) is 2.29. The zero-order valence-electron chi connectivity index (χ0n) is 10.1. The minimum absolute atomic E-state index is 0.101. The topological polar surface area (TPSA) is 49.8 Å². The summed E-state index contributed by atoms with van der Waals surface area (Å²) >= 11 is 0. The quantitative estimate of drug-likeness (QED) is 0.771. The summed E-state index contributed by atoms with van der Waals surface area (Å²) in [6.07, 6.45) is 5.37. The lowest BCUT2D eigenvalue weighted by Gasteiger charge is -2.24. The number of phenols is 1. The minimum Gasteiger partial charge on any atom is -0.508 e. The number of hydrogen-bond donors (Lipinski definition) is 1. The third kappa shape index (κ3) is 1.94. The van der Waals surface area contributed by atoms with Gasteiger partial charge < -0.3 is 14.7 Å². The van der Waals surface area contributed by atoms with E-state index >= 15 is 0 Å².